The van der Waals surface area contributed by atoms with Crippen molar-refractivity contribution in [3.05, 3.63) is 21.4 Å². The van der Waals surface area contributed by atoms with E-state index in [9.17, 15) is 9.59 Å². The molecule has 2 aliphatic rings. The van der Waals surface area contributed by atoms with Crippen molar-refractivity contribution < 1.29 is 9.59 Å². The number of carbonyl (C=O) groups excluding carboxylic acids is 2. The number of rotatable bonds is 3. The van der Waals surface area contributed by atoms with Crippen LogP contribution in [0.5, 0.6) is 0 Å². The number of nitrogens with one attached hydrogen (secondary N) is 2. The Morgan fingerprint density at radius 3 is 2.77 bits per heavy atom. The molecule has 3 rings (SSSR count). The monoisotopic (exact) mass is 320 g/mol. The number of hydrogen-bond donors (Lipinski definition) is 2. The third-order valence-electron chi connectivity index (χ3n) is 4.82. The lowest BCUT2D eigenvalue weighted by Gasteiger charge is -2.16. The van der Waals surface area contributed by atoms with Crippen molar-refractivity contribution in [1.29, 1.82) is 0 Å². The van der Waals surface area contributed by atoms with Crippen LogP contribution in [-0.2, 0) is 17.6 Å². The number of amides is 2. The Bertz CT molecular complexity index is 561. The first kappa shape index (κ1) is 15.5. The van der Waals surface area contributed by atoms with Crippen molar-refractivity contribution in [2.45, 2.75) is 58.3 Å². The standard InChI is InChI=1S/C17H24N2O2S/c1-11-6-7-14-13(8-11)10-15(22-14)17(21)19-18-16(20)9-12-4-2-3-5-12/h10-12H,2-9H2,1H3,(H,18,20)(H,19,21)/t11-/m1/s1. The van der Waals surface area contributed by atoms with Gasteiger partial charge in [-0.25, -0.2) is 0 Å². The van der Waals surface area contributed by atoms with E-state index < -0.39 is 0 Å². The zero-order valence-electron chi connectivity index (χ0n) is 13.1. The molecule has 1 aromatic rings. The van der Waals surface area contributed by atoms with E-state index in [2.05, 4.69) is 17.8 Å². The molecule has 2 amide bonds. The highest BCUT2D eigenvalue weighted by molar-refractivity contribution is 7.14. The topological polar surface area (TPSA) is 58.2 Å². The maximum absolute atomic E-state index is 12.2. The predicted octanol–water partition coefficient (Wildman–Crippen LogP) is 3.21. The van der Waals surface area contributed by atoms with Crippen molar-refractivity contribution in [2.75, 3.05) is 0 Å². The van der Waals surface area contributed by atoms with E-state index in [4.69, 9.17) is 0 Å². The number of hydrogen-bond acceptors (Lipinski definition) is 3. The summed E-state index contributed by atoms with van der Waals surface area (Å²) in [5, 5.41) is 0. The van der Waals surface area contributed by atoms with Gasteiger partial charge in [-0.3, -0.25) is 20.4 Å². The van der Waals surface area contributed by atoms with E-state index in [1.807, 2.05) is 6.07 Å². The van der Waals surface area contributed by atoms with Crippen LogP contribution >= 0.6 is 11.3 Å². The molecule has 0 saturated heterocycles. The summed E-state index contributed by atoms with van der Waals surface area (Å²) in [7, 11) is 0. The minimum atomic E-state index is -0.188. The lowest BCUT2D eigenvalue weighted by molar-refractivity contribution is -0.122. The van der Waals surface area contributed by atoms with Crippen molar-refractivity contribution in [2.24, 2.45) is 11.8 Å². The van der Waals surface area contributed by atoms with Crippen LogP contribution in [0.25, 0.3) is 0 Å². The van der Waals surface area contributed by atoms with Crippen LogP contribution < -0.4 is 10.9 Å². The number of carbonyl (C=O) groups is 2. The highest BCUT2D eigenvalue weighted by Crippen LogP contribution is 2.32. The van der Waals surface area contributed by atoms with E-state index >= 15 is 0 Å². The molecule has 22 heavy (non-hydrogen) atoms. The number of hydrazine groups is 1. The average Bonchev–Trinajstić information content (AvgIpc) is 3.13. The molecule has 0 aromatic carbocycles. The Kier molecular flexibility index (Phi) is 4.81. The van der Waals surface area contributed by atoms with Gasteiger partial charge in [-0.05, 0) is 55.6 Å². The Hall–Kier alpha value is -1.36. The molecule has 2 N–H and O–H groups in total. The Morgan fingerprint density at radius 1 is 1.23 bits per heavy atom. The second-order valence-corrected chi connectivity index (χ2v) is 7.90. The van der Waals surface area contributed by atoms with Crippen LogP contribution in [0.3, 0.4) is 0 Å². The van der Waals surface area contributed by atoms with Crippen LogP contribution in [0, 0.1) is 11.8 Å². The fourth-order valence-corrected chi connectivity index (χ4v) is 4.64. The van der Waals surface area contributed by atoms with Gasteiger partial charge in [0.05, 0.1) is 4.88 Å². The molecule has 1 atom stereocenters. The second-order valence-electron chi connectivity index (χ2n) is 6.76. The van der Waals surface area contributed by atoms with E-state index in [0.717, 1.165) is 25.7 Å². The van der Waals surface area contributed by atoms with E-state index in [1.165, 1.54) is 29.7 Å². The van der Waals surface area contributed by atoms with Gasteiger partial charge in [0, 0.05) is 11.3 Å². The fraction of sp³-hybridized carbons (Fsp3) is 0.647. The zero-order chi connectivity index (χ0) is 15.5. The number of aryl methyl sites for hydroxylation is 1. The SMILES string of the molecule is C[C@@H]1CCc2sc(C(=O)NNC(=O)CC3CCCC3)cc2C1. The third kappa shape index (κ3) is 3.69. The fourth-order valence-electron chi connectivity index (χ4n) is 3.53. The normalized spacial score (nSPS) is 21.4. The van der Waals surface area contributed by atoms with Crippen LogP contribution in [0.15, 0.2) is 6.07 Å². The maximum atomic E-state index is 12.2. The van der Waals surface area contributed by atoms with Gasteiger partial charge in [0.1, 0.15) is 0 Å². The highest BCUT2D eigenvalue weighted by atomic mass is 32.1. The van der Waals surface area contributed by atoms with Gasteiger partial charge in [0.2, 0.25) is 5.91 Å². The summed E-state index contributed by atoms with van der Waals surface area (Å²) in [6, 6.07) is 1.99. The molecule has 120 valence electrons. The largest absolute Gasteiger partial charge is 0.279 e. The van der Waals surface area contributed by atoms with Crippen LogP contribution in [0.1, 0.15) is 65.6 Å². The molecule has 0 aliphatic heterocycles. The van der Waals surface area contributed by atoms with E-state index in [-0.39, 0.29) is 11.8 Å². The van der Waals surface area contributed by atoms with Gasteiger partial charge in [-0.2, -0.15) is 0 Å². The van der Waals surface area contributed by atoms with E-state index in [0.29, 0.717) is 23.1 Å². The second kappa shape index (κ2) is 6.82. The van der Waals surface area contributed by atoms with Crippen LogP contribution in [0.4, 0.5) is 0 Å². The van der Waals surface area contributed by atoms with Gasteiger partial charge in [-0.15, -0.1) is 11.3 Å². The van der Waals surface area contributed by atoms with Crippen molar-refractivity contribution in [3.8, 4) is 0 Å². The third-order valence-corrected chi connectivity index (χ3v) is 6.05. The molecule has 1 fully saturated rings. The molecule has 0 unspecified atom stereocenters. The molecule has 4 nitrogen and oxygen atoms in total. The van der Waals surface area contributed by atoms with Crippen LogP contribution in [-0.4, -0.2) is 11.8 Å². The predicted molar refractivity (Wildman–Crippen MR) is 87.7 cm³/mol. The number of thiophene rings is 1. The first-order valence-corrected chi connectivity index (χ1v) is 9.14. The van der Waals surface area contributed by atoms with Crippen molar-refractivity contribution in [3.63, 3.8) is 0 Å². The molecule has 0 spiro atoms. The summed E-state index contributed by atoms with van der Waals surface area (Å²) in [6.45, 7) is 2.25. The summed E-state index contributed by atoms with van der Waals surface area (Å²) in [5.41, 5.74) is 6.44. The Balaban J connectivity index is 1.50. The zero-order valence-corrected chi connectivity index (χ0v) is 13.9. The quantitative estimate of drug-likeness (QED) is 0.840. The molecule has 1 heterocycles. The Morgan fingerprint density at radius 2 is 2.00 bits per heavy atom. The summed E-state index contributed by atoms with van der Waals surface area (Å²) in [5.74, 6) is 0.929. The summed E-state index contributed by atoms with van der Waals surface area (Å²) >= 11 is 1.57. The Labute approximate surface area is 135 Å². The average molecular weight is 320 g/mol. The highest BCUT2D eigenvalue weighted by Gasteiger charge is 2.22. The van der Waals surface area contributed by atoms with Gasteiger partial charge < -0.3 is 0 Å². The molecule has 1 saturated carbocycles. The van der Waals surface area contributed by atoms with Crippen LogP contribution in [0.2, 0.25) is 0 Å². The van der Waals surface area contributed by atoms with Gasteiger partial charge in [0.25, 0.3) is 5.91 Å². The summed E-state index contributed by atoms with van der Waals surface area (Å²) in [6.07, 6.45) is 8.59. The van der Waals surface area contributed by atoms with Crippen molar-refractivity contribution in [1.82, 2.24) is 10.9 Å². The molecular formula is C17H24N2O2S. The lowest BCUT2D eigenvalue weighted by Crippen LogP contribution is -2.41. The first-order valence-electron chi connectivity index (χ1n) is 8.32. The molecule has 1 aromatic heterocycles. The van der Waals surface area contributed by atoms with Gasteiger partial charge in [-0.1, -0.05) is 19.8 Å². The summed E-state index contributed by atoms with van der Waals surface area (Å²) in [4.78, 5) is 26.1. The first-order chi connectivity index (χ1) is 10.6. The van der Waals surface area contributed by atoms with E-state index in [1.54, 1.807) is 11.3 Å². The smallest absolute Gasteiger partial charge is 0.273 e. The molecular weight excluding hydrogens is 296 g/mol. The minimum Gasteiger partial charge on any atom is -0.273 e. The number of fused-ring (bicyclic) bond motifs is 1. The molecule has 0 radical (unpaired) electrons. The van der Waals surface area contributed by atoms with Gasteiger partial charge in [0.15, 0.2) is 0 Å². The minimum absolute atomic E-state index is 0.0739. The molecule has 2 aliphatic carbocycles. The van der Waals surface area contributed by atoms with Gasteiger partial charge >= 0.3 is 0 Å². The molecule has 5 heteroatoms. The molecule has 0 bridgehead atoms. The summed E-state index contributed by atoms with van der Waals surface area (Å²) < 4.78 is 0. The van der Waals surface area contributed by atoms with Crippen molar-refractivity contribution >= 4 is 23.2 Å². The lowest BCUT2D eigenvalue weighted by atomic mass is 9.90. The maximum Gasteiger partial charge on any atom is 0.279 e.